The molecule has 0 saturated carbocycles. The summed E-state index contributed by atoms with van der Waals surface area (Å²) in [6.07, 6.45) is 4.73. The van der Waals surface area contributed by atoms with E-state index in [-0.39, 0.29) is 5.56 Å². The number of anilines is 1. The Labute approximate surface area is 116 Å². The number of rotatable bonds is 1. The molecule has 0 N–H and O–H groups in total. The molecule has 2 aromatic heterocycles. The van der Waals surface area contributed by atoms with Crippen LogP contribution in [0.4, 0.5) is 5.95 Å². The van der Waals surface area contributed by atoms with Crippen molar-refractivity contribution in [3.63, 3.8) is 0 Å². The van der Waals surface area contributed by atoms with E-state index in [9.17, 15) is 4.79 Å². The highest BCUT2D eigenvalue weighted by Gasteiger charge is 2.35. The van der Waals surface area contributed by atoms with Gasteiger partial charge in [0, 0.05) is 49.7 Å². The first-order valence-corrected chi connectivity index (χ1v) is 7.03. The Bertz CT molecular complexity index is 682. The number of aromatic nitrogens is 3. The lowest BCUT2D eigenvalue weighted by Crippen LogP contribution is -2.47. The first-order chi connectivity index (χ1) is 9.81. The van der Waals surface area contributed by atoms with E-state index < -0.39 is 0 Å². The van der Waals surface area contributed by atoms with Crippen molar-refractivity contribution in [1.29, 1.82) is 0 Å². The molecule has 2 aliphatic rings. The van der Waals surface area contributed by atoms with Crippen molar-refractivity contribution in [1.82, 2.24) is 14.5 Å². The lowest BCUT2D eigenvalue weighted by atomic mass is 9.83. The fourth-order valence-corrected chi connectivity index (χ4v) is 3.51. The molecule has 102 valence electrons. The minimum absolute atomic E-state index is 0.126. The van der Waals surface area contributed by atoms with Gasteiger partial charge in [-0.25, -0.2) is 9.97 Å². The zero-order valence-corrected chi connectivity index (χ0v) is 11.1. The molecule has 4 rings (SSSR count). The van der Waals surface area contributed by atoms with Gasteiger partial charge in [0.05, 0.1) is 0 Å². The molecule has 1 fully saturated rings. The molecule has 0 amide bonds. The quantitative estimate of drug-likeness (QED) is 0.781. The van der Waals surface area contributed by atoms with Crippen molar-refractivity contribution >= 4 is 5.95 Å². The molecule has 2 unspecified atom stereocenters. The highest BCUT2D eigenvalue weighted by Crippen LogP contribution is 2.35. The topological polar surface area (TPSA) is 51.0 Å². The number of hydrogen-bond acceptors (Lipinski definition) is 4. The molecule has 2 aliphatic heterocycles. The van der Waals surface area contributed by atoms with Crippen LogP contribution < -0.4 is 10.5 Å². The Hall–Kier alpha value is -2.17. The molecule has 2 bridgehead atoms. The van der Waals surface area contributed by atoms with Crippen LogP contribution in [0, 0.1) is 5.92 Å². The Morgan fingerprint density at radius 1 is 1.05 bits per heavy atom. The summed E-state index contributed by atoms with van der Waals surface area (Å²) in [6.45, 7) is 2.64. The Morgan fingerprint density at radius 2 is 1.90 bits per heavy atom. The first-order valence-electron chi connectivity index (χ1n) is 7.03. The summed E-state index contributed by atoms with van der Waals surface area (Å²) in [7, 11) is 0. The Kier molecular flexibility index (Phi) is 2.58. The van der Waals surface area contributed by atoms with Crippen LogP contribution in [0.25, 0.3) is 0 Å². The summed E-state index contributed by atoms with van der Waals surface area (Å²) >= 11 is 0. The van der Waals surface area contributed by atoms with E-state index in [2.05, 4.69) is 20.9 Å². The van der Waals surface area contributed by atoms with Gasteiger partial charge in [0.2, 0.25) is 5.95 Å². The van der Waals surface area contributed by atoms with E-state index in [1.54, 1.807) is 18.5 Å². The summed E-state index contributed by atoms with van der Waals surface area (Å²) in [4.78, 5) is 22.9. The van der Waals surface area contributed by atoms with Crippen LogP contribution in [0.2, 0.25) is 0 Å². The molecule has 0 aliphatic carbocycles. The van der Waals surface area contributed by atoms with Gasteiger partial charge in [-0.2, -0.15) is 0 Å². The van der Waals surface area contributed by atoms with Crippen LogP contribution in [-0.2, 0) is 6.54 Å². The highest BCUT2D eigenvalue weighted by atomic mass is 16.1. The maximum absolute atomic E-state index is 12.0. The second-order valence-corrected chi connectivity index (χ2v) is 5.65. The van der Waals surface area contributed by atoms with Gasteiger partial charge in [-0.05, 0) is 24.5 Å². The van der Waals surface area contributed by atoms with Gasteiger partial charge in [-0.15, -0.1) is 0 Å². The predicted octanol–water partition coefficient (Wildman–Crippen LogP) is 1.26. The summed E-state index contributed by atoms with van der Waals surface area (Å²) in [5.74, 6) is 1.71. The van der Waals surface area contributed by atoms with Gasteiger partial charge in [0.25, 0.3) is 5.56 Å². The lowest BCUT2D eigenvalue weighted by Gasteiger charge is -2.42. The molecule has 2 atom stereocenters. The zero-order chi connectivity index (χ0) is 13.5. The predicted molar refractivity (Wildman–Crippen MR) is 75.8 cm³/mol. The van der Waals surface area contributed by atoms with E-state index in [1.807, 2.05) is 16.7 Å². The number of fused-ring (bicyclic) bond motifs is 4. The van der Waals surface area contributed by atoms with Crippen LogP contribution in [0.3, 0.4) is 0 Å². The average Bonchev–Trinajstić information content (AvgIpc) is 2.49. The molecule has 5 heteroatoms. The van der Waals surface area contributed by atoms with Gasteiger partial charge in [-0.3, -0.25) is 4.79 Å². The van der Waals surface area contributed by atoms with Crippen molar-refractivity contribution < 1.29 is 0 Å². The smallest absolute Gasteiger partial charge is 0.250 e. The standard InChI is InChI=1S/C15H16N4O/c20-14-4-1-3-13-12-7-11(9-19(13)14)8-18(10-12)15-16-5-2-6-17-15/h1-6,11-12H,7-10H2. The summed E-state index contributed by atoms with van der Waals surface area (Å²) in [6, 6.07) is 7.44. The van der Waals surface area contributed by atoms with Crippen molar-refractivity contribution in [2.75, 3.05) is 18.0 Å². The number of piperidine rings is 1. The average molecular weight is 268 g/mol. The number of pyridine rings is 1. The summed E-state index contributed by atoms with van der Waals surface area (Å²) < 4.78 is 1.95. The van der Waals surface area contributed by atoms with Crippen molar-refractivity contribution in [3.05, 3.63) is 52.7 Å². The van der Waals surface area contributed by atoms with Crippen LogP contribution in [-0.4, -0.2) is 27.6 Å². The van der Waals surface area contributed by atoms with Gasteiger partial charge in [0.1, 0.15) is 0 Å². The van der Waals surface area contributed by atoms with Gasteiger partial charge < -0.3 is 9.47 Å². The second kappa shape index (κ2) is 4.44. The van der Waals surface area contributed by atoms with Gasteiger partial charge in [-0.1, -0.05) is 6.07 Å². The molecular weight excluding hydrogens is 252 g/mol. The Balaban J connectivity index is 1.70. The Morgan fingerprint density at radius 3 is 2.75 bits per heavy atom. The SMILES string of the molecule is O=c1cccc2n1CC1CC2CN(c2ncccn2)C1. The van der Waals surface area contributed by atoms with Crippen LogP contribution in [0.15, 0.2) is 41.5 Å². The van der Waals surface area contributed by atoms with Gasteiger partial charge in [0.15, 0.2) is 0 Å². The maximum atomic E-state index is 12.0. The van der Waals surface area contributed by atoms with Gasteiger partial charge >= 0.3 is 0 Å². The molecule has 0 spiro atoms. The fraction of sp³-hybridized carbons (Fsp3) is 0.400. The number of hydrogen-bond donors (Lipinski definition) is 0. The molecule has 0 radical (unpaired) electrons. The zero-order valence-electron chi connectivity index (χ0n) is 11.1. The molecule has 5 nitrogen and oxygen atoms in total. The maximum Gasteiger partial charge on any atom is 0.250 e. The molecule has 2 aromatic rings. The molecule has 4 heterocycles. The molecule has 20 heavy (non-hydrogen) atoms. The summed E-state index contributed by atoms with van der Waals surface area (Å²) in [5.41, 5.74) is 1.29. The first kappa shape index (κ1) is 11.6. The van der Waals surface area contributed by atoms with Crippen LogP contribution in [0.5, 0.6) is 0 Å². The highest BCUT2D eigenvalue weighted by molar-refractivity contribution is 5.33. The minimum atomic E-state index is 0.126. The van der Waals surface area contributed by atoms with E-state index in [0.717, 1.165) is 37.7 Å². The summed E-state index contributed by atoms with van der Waals surface area (Å²) in [5, 5.41) is 0. The monoisotopic (exact) mass is 268 g/mol. The molecule has 0 aromatic carbocycles. The third-order valence-electron chi connectivity index (χ3n) is 4.31. The molecular formula is C15H16N4O. The van der Waals surface area contributed by atoms with E-state index in [4.69, 9.17) is 0 Å². The van der Waals surface area contributed by atoms with Crippen LogP contribution in [0.1, 0.15) is 18.0 Å². The normalized spacial score (nSPS) is 24.3. The number of nitrogens with zero attached hydrogens (tertiary/aromatic N) is 4. The van der Waals surface area contributed by atoms with E-state index in [1.165, 1.54) is 0 Å². The largest absolute Gasteiger partial charge is 0.340 e. The third-order valence-corrected chi connectivity index (χ3v) is 4.31. The van der Waals surface area contributed by atoms with E-state index >= 15 is 0 Å². The lowest BCUT2D eigenvalue weighted by molar-refractivity contribution is 0.279. The van der Waals surface area contributed by atoms with Crippen LogP contribution >= 0.6 is 0 Å². The van der Waals surface area contributed by atoms with E-state index in [0.29, 0.717) is 11.8 Å². The second-order valence-electron chi connectivity index (χ2n) is 5.65. The minimum Gasteiger partial charge on any atom is -0.340 e. The third kappa shape index (κ3) is 1.81. The van der Waals surface area contributed by atoms with Crippen molar-refractivity contribution in [2.45, 2.75) is 18.9 Å². The van der Waals surface area contributed by atoms with Crippen molar-refractivity contribution in [2.24, 2.45) is 5.92 Å². The fourth-order valence-electron chi connectivity index (χ4n) is 3.51. The molecule has 1 saturated heterocycles. The van der Waals surface area contributed by atoms with Crippen molar-refractivity contribution in [3.8, 4) is 0 Å².